The van der Waals surface area contributed by atoms with Gasteiger partial charge in [-0.25, -0.2) is 0 Å². The summed E-state index contributed by atoms with van der Waals surface area (Å²) >= 11 is 3.32. The maximum absolute atomic E-state index is 8.27. The fourth-order valence-electron chi connectivity index (χ4n) is 0.507. The van der Waals surface area contributed by atoms with Crippen molar-refractivity contribution in [2.75, 3.05) is 0 Å². The highest BCUT2D eigenvalue weighted by Gasteiger charge is 1.93. The van der Waals surface area contributed by atoms with E-state index < -0.39 is 0 Å². The van der Waals surface area contributed by atoms with Crippen LogP contribution in [0.1, 0.15) is 13.8 Å². The van der Waals surface area contributed by atoms with Gasteiger partial charge < -0.3 is 5.21 Å². The molecule has 0 radical (unpaired) electrons. The first-order chi connectivity index (χ1) is 6.11. The molecular weight excluding hydrogens is 230 g/mol. The number of nitrogens with zero attached hydrogens (tertiary/aromatic N) is 1. The van der Waals surface area contributed by atoms with Crippen LogP contribution in [0.5, 0.6) is 0 Å². The Balaban J connectivity index is 4.55. The van der Waals surface area contributed by atoms with Gasteiger partial charge in [0.1, 0.15) is 0 Å². The van der Waals surface area contributed by atoms with E-state index in [1.54, 1.807) is 6.08 Å². The summed E-state index contributed by atoms with van der Waals surface area (Å²) in [4.78, 5) is 0. The molecule has 3 heteroatoms. The smallest absolute Gasteiger partial charge is 0.0769 e. The summed E-state index contributed by atoms with van der Waals surface area (Å²) < 4.78 is 1.00. The molecule has 0 aliphatic carbocycles. The van der Waals surface area contributed by atoms with E-state index in [1.165, 1.54) is 6.21 Å². The van der Waals surface area contributed by atoms with Gasteiger partial charge in [0.25, 0.3) is 0 Å². The van der Waals surface area contributed by atoms with Crippen molar-refractivity contribution in [3.05, 3.63) is 22.7 Å². The van der Waals surface area contributed by atoms with E-state index in [-0.39, 0.29) is 5.92 Å². The van der Waals surface area contributed by atoms with E-state index >= 15 is 0 Å². The minimum atomic E-state index is -0.202. The number of allylic oxidation sites excluding steroid dienone is 3. The van der Waals surface area contributed by atoms with E-state index in [0.29, 0.717) is 0 Å². The maximum Gasteiger partial charge on any atom is 0.0769 e. The third-order valence-corrected chi connectivity index (χ3v) is 2.02. The van der Waals surface area contributed by atoms with E-state index in [2.05, 4.69) is 39.5 Å². The molecule has 1 unspecified atom stereocenters. The van der Waals surface area contributed by atoms with Crippen molar-refractivity contribution in [1.82, 2.24) is 0 Å². The van der Waals surface area contributed by atoms with Crippen LogP contribution < -0.4 is 0 Å². The fraction of sp³-hybridized carbons (Fsp3) is 0.300. The molecule has 0 aromatic rings. The molecule has 1 atom stereocenters. The number of hydrogen-bond acceptors (Lipinski definition) is 2. The summed E-state index contributed by atoms with van der Waals surface area (Å²) in [5.41, 5.74) is 0.957. The molecule has 0 fully saturated rings. The second-order valence-electron chi connectivity index (χ2n) is 2.45. The summed E-state index contributed by atoms with van der Waals surface area (Å²) in [7, 11) is 0. The fourth-order valence-corrected chi connectivity index (χ4v) is 0.606. The minimum absolute atomic E-state index is 0.202. The summed E-state index contributed by atoms with van der Waals surface area (Å²) in [5, 5.41) is 11.2. The Kier molecular flexibility index (Phi) is 5.99. The van der Waals surface area contributed by atoms with Crippen molar-refractivity contribution < 1.29 is 5.21 Å². The van der Waals surface area contributed by atoms with Crippen molar-refractivity contribution in [1.29, 1.82) is 0 Å². The lowest BCUT2D eigenvalue weighted by atomic mass is 10.1. The van der Waals surface area contributed by atoms with Gasteiger partial charge in [0.15, 0.2) is 0 Å². The molecule has 1 N–H and O–H groups in total. The van der Waals surface area contributed by atoms with Gasteiger partial charge >= 0.3 is 0 Å². The Morgan fingerprint density at radius 3 is 2.62 bits per heavy atom. The van der Waals surface area contributed by atoms with Crippen LogP contribution in [0.2, 0.25) is 0 Å². The van der Waals surface area contributed by atoms with Crippen molar-refractivity contribution in [2.24, 2.45) is 11.1 Å². The molecule has 0 spiro atoms. The molecule has 0 heterocycles. The Hall–Kier alpha value is -1.01. The Morgan fingerprint density at radius 2 is 2.23 bits per heavy atom. The number of hydrogen-bond donors (Lipinski definition) is 1. The second kappa shape index (κ2) is 6.50. The Bertz CT molecular complexity index is 290. The SMILES string of the molecule is C=CC(C#C/C(C)=C(\C)Br)/C=N/O. The lowest BCUT2D eigenvalue weighted by Gasteiger charge is -1.93. The van der Waals surface area contributed by atoms with Gasteiger partial charge in [-0.05, 0) is 13.8 Å². The molecule has 0 aromatic carbocycles. The van der Waals surface area contributed by atoms with Crippen molar-refractivity contribution in [3.63, 3.8) is 0 Å². The van der Waals surface area contributed by atoms with Crippen LogP contribution in [0, 0.1) is 17.8 Å². The van der Waals surface area contributed by atoms with Crippen LogP contribution in [-0.2, 0) is 0 Å². The predicted octanol–water partition coefficient (Wildman–Crippen LogP) is 2.94. The van der Waals surface area contributed by atoms with Crippen LogP contribution in [0.15, 0.2) is 27.9 Å². The average molecular weight is 242 g/mol. The monoisotopic (exact) mass is 241 g/mol. The number of rotatable bonds is 2. The van der Waals surface area contributed by atoms with Gasteiger partial charge in [0.2, 0.25) is 0 Å². The first-order valence-corrected chi connectivity index (χ1v) is 4.55. The van der Waals surface area contributed by atoms with E-state index in [0.717, 1.165) is 10.1 Å². The molecule has 0 saturated heterocycles. The Morgan fingerprint density at radius 1 is 1.62 bits per heavy atom. The van der Waals surface area contributed by atoms with Gasteiger partial charge in [0.05, 0.1) is 12.1 Å². The van der Waals surface area contributed by atoms with Crippen LogP contribution in [-0.4, -0.2) is 11.4 Å². The second-order valence-corrected chi connectivity index (χ2v) is 3.64. The van der Waals surface area contributed by atoms with Gasteiger partial charge in [-0.3, -0.25) is 0 Å². The molecule has 13 heavy (non-hydrogen) atoms. The predicted molar refractivity (Wildman–Crippen MR) is 59.0 cm³/mol. The first-order valence-electron chi connectivity index (χ1n) is 3.76. The van der Waals surface area contributed by atoms with E-state index in [1.807, 2.05) is 13.8 Å². The van der Waals surface area contributed by atoms with Crippen molar-refractivity contribution in [3.8, 4) is 11.8 Å². The van der Waals surface area contributed by atoms with Gasteiger partial charge in [-0.1, -0.05) is 33.8 Å². The normalized spacial score (nSPS) is 14.4. The zero-order valence-corrected chi connectivity index (χ0v) is 9.30. The van der Waals surface area contributed by atoms with Gasteiger partial charge in [-0.2, -0.15) is 0 Å². The molecule has 0 aliphatic rings. The van der Waals surface area contributed by atoms with Crippen LogP contribution in [0.3, 0.4) is 0 Å². The molecule has 0 aliphatic heterocycles. The zero-order chi connectivity index (χ0) is 10.3. The maximum atomic E-state index is 8.27. The van der Waals surface area contributed by atoms with Crippen molar-refractivity contribution in [2.45, 2.75) is 13.8 Å². The summed E-state index contributed by atoms with van der Waals surface area (Å²) in [5.74, 6) is 5.61. The Labute approximate surface area is 87.2 Å². The molecule has 70 valence electrons. The lowest BCUT2D eigenvalue weighted by Crippen LogP contribution is -1.92. The highest BCUT2D eigenvalue weighted by molar-refractivity contribution is 9.11. The summed E-state index contributed by atoms with van der Waals surface area (Å²) in [6.45, 7) is 7.40. The average Bonchev–Trinajstić information content (AvgIpc) is 2.11. The van der Waals surface area contributed by atoms with Crippen molar-refractivity contribution >= 4 is 22.1 Å². The van der Waals surface area contributed by atoms with Crippen LogP contribution in [0.25, 0.3) is 0 Å². The van der Waals surface area contributed by atoms with Crippen LogP contribution >= 0.6 is 15.9 Å². The molecule has 2 nitrogen and oxygen atoms in total. The largest absolute Gasteiger partial charge is 0.411 e. The van der Waals surface area contributed by atoms with Gasteiger partial charge in [0, 0.05) is 10.1 Å². The van der Waals surface area contributed by atoms with E-state index in [9.17, 15) is 0 Å². The first kappa shape index (κ1) is 12.0. The highest BCUT2D eigenvalue weighted by Crippen LogP contribution is 2.08. The zero-order valence-electron chi connectivity index (χ0n) is 7.71. The lowest BCUT2D eigenvalue weighted by molar-refractivity contribution is 0.320. The van der Waals surface area contributed by atoms with Gasteiger partial charge in [-0.15, -0.1) is 11.7 Å². The van der Waals surface area contributed by atoms with E-state index in [4.69, 9.17) is 5.21 Å². The molecule has 0 bridgehead atoms. The molecule has 0 amide bonds. The summed E-state index contributed by atoms with van der Waals surface area (Å²) in [6, 6.07) is 0. The molecule has 0 aromatic heterocycles. The minimum Gasteiger partial charge on any atom is -0.411 e. The number of halogens is 1. The molecule has 0 saturated carbocycles. The summed E-state index contributed by atoms with van der Waals surface area (Å²) in [6.07, 6.45) is 2.94. The highest BCUT2D eigenvalue weighted by atomic mass is 79.9. The molecule has 0 rings (SSSR count). The molecular formula is C10H12BrNO. The third kappa shape index (κ3) is 5.26. The quantitative estimate of drug-likeness (QED) is 0.261. The third-order valence-electron chi connectivity index (χ3n) is 1.42. The number of oxime groups is 1. The standard InChI is InChI=1S/C10H12BrNO/c1-4-10(7-12-13)6-5-8(2)9(3)11/h4,7,10,13H,1H2,2-3H3/b9-8+,12-7+. The van der Waals surface area contributed by atoms with Crippen LogP contribution in [0.4, 0.5) is 0 Å². The topological polar surface area (TPSA) is 32.6 Å².